The molecule has 0 saturated carbocycles. The number of aromatic nitrogens is 1. The van der Waals surface area contributed by atoms with Crippen LogP contribution in [0.25, 0.3) is 54.3 Å². The molecule has 56 heavy (non-hydrogen) atoms. The third-order valence-corrected chi connectivity index (χ3v) is 11.8. The molecule has 1 aliphatic rings. The maximum atomic E-state index is 14.6. The number of benzene rings is 9. The van der Waals surface area contributed by atoms with E-state index in [1.807, 2.05) is 18.2 Å². The van der Waals surface area contributed by atoms with Crippen molar-refractivity contribution in [2.24, 2.45) is 0 Å². The van der Waals surface area contributed by atoms with Gasteiger partial charge in [-0.05, 0) is 111 Å². The van der Waals surface area contributed by atoms with E-state index in [4.69, 9.17) is 4.98 Å². The van der Waals surface area contributed by atoms with Crippen LogP contribution in [0.4, 0.5) is 38.6 Å². The third-order valence-electron chi connectivity index (χ3n) is 11.8. The highest BCUT2D eigenvalue weighted by Crippen LogP contribution is 2.55. The van der Waals surface area contributed by atoms with Crippen LogP contribution in [0.1, 0.15) is 25.0 Å². The van der Waals surface area contributed by atoms with Gasteiger partial charge in [0.2, 0.25) is 0 Å². The van der Waals surface area contributed by atoms with Gasteiger partial charge in [0, 0.05) is 38.5 Å². The molecule has 1 aromatic heterocycles. The molecular formula is C52H36FN3. The van der Waals surface area contributed by atoms with Gasteiger partial charge in [-0.15, -0.1) is 0 Å². The Balaban J connectivity index is 1.18. The minimum Gasteiger partial charge on any atom is -0.309 e. The fourth-order valence-electron chi connectivity index (χ4n) is 9.23. The molecule has 0 aliphatic heterocycles. The Kier molecular flexibility index (Phi) is 7.08. The zero-order valence-corrected chi connectivity index (χ0v) is 31.0. The predicted molar refractivity (Wildman–Crippen MR) is 232 cm³/mol. The van der Waals surface area contributed by atoms with Crippen LogP contribution < -0.4 is 9.80 Å². The monoisotopic (exact) mass is 721 g/mol. The van der Waals surface area contributed by atoms with E-state index in [9.17, 15) is 4.39 Å². The van der Waals surface area contributed by atoms with Crippen molar-refractivity contribution in [1.82, 2.24) is 4.98 Å². The van der Waals surface area contributed by atoms with Crippen LogP contribution in [0.3, 0.4) is 0 Å². The highest BCUT2D eigenvalue weighted by molar-refractivity contribution is 6.28. The molecule has 0 amide bonds. The van der Waals surface area contributed by atoms with Gasteiger partial charge in [0.05, 0.1) is 22.6 Å². The van der Waals surface area contributed by atoms with Gasteiger partial charge in [-0.1, -0.05) is 123 Å². The predicted octanol–water partition coefficient (Wildman–Crippen LogP) is 14.5. The molecule has 0 fully saturated rings. The summed E-state index contributed by atoms with van der Waals surface area (Å²) in [5, 5.41) is 8.10. The van der Waals surface area contributed by atoms with Gasteiger partial charge in [-0.25, -0.2) is 9.37 Å². The molecule has 0 unspecified atom stereocenters. The van der Waals surface area contributed by atoms with Crippen LogP contribution in [-0.4, -0.2) is 4.98 Å². The summed E-state index contributed by atoms with van der Waals surface area (Å²) in [6.45, 7) is 4.62. The van der Waals surface area contributed by atoms with Crippen LogP contribution >= 0.6 is 0 Å². The number of halogens is 1. The fourth-order valence-corrected chi connectivity index (χ4v) is 9.23. The lowest BCUT2D eigenvalue weighted by Gasteiger charge is -2.30. The molecule has 0 radical (unpaired) electrons. The van der Waals surface area contributed by atoms with E-state index in [1.165, 1.54) is 38.4 Å². The largest absolute Gasteiger partial charge is 0.309 e. The lowest BCUT2D eigenvalue weighted by molar-refractivity contribution is 0.628. The van der Waals surface area contributed by atoms with Crippen molar-refractivity contribution in [3.63, 3.8) is 0 Å². The molecule has 4 heteroatoms. The molecule has 9 aromatic carbocycles. The summed E-state index contributed by atoms with van der Waals surface area (Å²) in [6, 6.07) is 63.3. The summed E-state index contributed by atoms with van der Waals surface area (Å²) >= 11 is 0. The van der Waals surface area contributed by atoms with Crippen LogP contribution in [0, 0.1) is 5.82 Å². The molecule has 1 aliphatic carbocycles. The van der Waals surface area contributed by atoms with Gasteiger partial charge in [0.15, 0.2) is 0 Å². The second-order valence-corrected chi connectivity index (χ2v) is 15.3. The van der Waals surface area contributed by atoms with Crippen LogP contribution in [0.5, 0.6) is 0 Å². The number of rotatable bonds is 6. The molecule has 0 bridgehead atoms. The van der Waals surface area contributed by atoms with Crippen molar-refractivity contribution in [3.8, 4) is 11.1 Å². The van der Waals surface area contributed by atoms with E-state index in [1.54, 1.807) is 12.1 Å². The highest BCUT2D eigenvalue weighted by atomic mass is 19.1. The Morgan fingerprint density at radius 2 is 1.04 bits per heavy atom. The summed E-state index contributed by atoms with van der Waals surface area (Å²) in [7, 11) is 0. The van der Waals surface area contributed by atoms with E-state index in [2.05, 4.69) is 175 Å². The molecule has 11 rings (SSSR count). The molecule has 0 atom stereocenters. The van der Waals surface area contributed by atoms with Gasteiger partial charge in [0.25, 0.3) is 0 Å². The zero-order valence-electron chi connectivity index (χ0n) is 31.0. The van der Waals surface area contributed by atoms with E-state index >= 15 is 0 Å². The van der Waals surface area contributed by atoms with Crippen LogP contribution in [-0.2, 0) is 5.41 Å². The Morgan fingerprint density at radius 1 is 0.446 bits per heavy atom. The minimum absolute atomic E-state index is 0.167. The van der Waals surface area contributed by atoms with E-state index in [0.717, 1.165) is 61.3 Å². The van der Waals surface area contributed by atoms with Crippen LogP contribution in [0.2, 0.25) is 0 Å². The van der Waals surface area contributed by atoms with E-state index < -0.39 is 0 Å². The van der Waals surface area contributed by atoms with Crippen molar-refractivity contribution in [2.45, 2.75) is 19.3 Å². The Labute approximate surface area is 324 Å². The molecule has 1 heterocycles. The highest BCUT2D eigenvalue weighted by Gasteiger charge is 2.38. The molecule has 3 nitrogen and oxygen atoms in total. The molecule has 10 aromatic rings. The second-order valence-electron chi connectivity index (χ2n) is 15.3. The van der Waals surface area contributed by atoms with Crippen molar-refractivity contribution in [2.75, 3.05) is 9.80 Å². The minimum atomic E-state index is -0.259. The smallest absolute Gasteiger partial charge is 0.138 e. The topological polar surface area (TPSA) is 19.4 Å². The van der Waals surface area contributed by atoms with Gasteiger partial charge in [-0.2, -0.15) is 0 Å². The maximum Gasteiger partial charge on any atom is 0.138 e. The first-order valence-corrected chi connectivity index (χ1v) is 19.2. The number of fused-ring (bicyclic) bond motifs is 4. The summed E-state index contributed by atoms with van der Waals surface area (Å²) < 4.78 is 14.6. The normalized spacial score (nSPS) is 13.1. The molecule has 266 valence electrons. The molecular weight excluding hydrogens is 686 g/mol. The summed E-state index contributed by atoms with van der Waals surface area (Å²) in [6.07, 6.45) is 0. The standard InChI is InChI=1S/C52H36FN3/c1-52(2)42-15-8-7-14-39(42)51-43(52)16-10-18-47(51)55(38-26-24-36(53)25-27-38)45-30-21-34-20-29-41-46(31-22-35-19-28-40(45)49(34)50(35)41)56(37-12-4-3-5-13-37)48-32-23-33-11-6-9-17-44(33)54-48/h3-32H,1-2H3. The summed E-state index contributed by atoms with van der Waals surface area (Å²) in [4.78, 5) is 9.80. The van der Waals surface area contributed by atoms with Gasteiger partial charge in [0.1, 0.15) is 11.6 Å². The van der Waals surface area contributed by atoms with E-state index in [-0.39, 0.29) is 11.2 Å². The lowest BCUT2D eigenvalue weighted by atomic mass is 9.82. The average Bonchev–Trinajstić information content (AvgIpc) is 3.48. The number of pyridine rings is 1. The van der Waals surface area contributed by atoms with Crippen molar-refractivity contribution in [3.05, 3.63) is 199 Å². The number of hydrogen-bond acceptors (Lipinski definition) is 3. The Hall–Kier alpha value is -7.04. The van der Waals surface area contributed by atoms with E-state index in [0.29, 0.717) is 0 Å². The van der Waals surface area contributed by atoms with Crippen molar-refractivity contribution < 1.29 is 4.39 Å². The van der Waals surface area contributed by atoms with Gasteiger partial charge in [-0.3, -0.25) is 4.90 Å². The third kappa shape index (κ3) is 4.79. The summed E-state index contributed by atoms with van der Waals surface area (Å²) in [5.41, 5.74) is 10.9. The second kappa shape index (κ2) is 12.2. The molecule has 0 saturated heterocycles. The Morgan fingerprint density at radius 3 is 1.79 bits per heavy atom. The number of nitrogens with zero attached hydrogens (tertiary/aromatic N) is 3. The first kappa shape index (κ1) is 32.4. The van der Waals surface area contributed by atoms with Crippen LogP contribution in [0.15, 0.2) is 182 Å². The Bertz CT molecular complexity index is 3130. The quantitative estimate of drug-likeness (QED) is 0.159. The number of anilines is 6. The fraction of sp³-hybridized carbons (Fsp3) is 0.0577. The van der Waals surface area contributed by atoms with Gasteiger partial charge >= 0.3 is 0 Å². The average molecular weight is 722 g/mol. The maximum absolute atomic E-state index is 14.6. The first-order valence-electron chi connectivity index (χ1n) is 19.2. The lowest BCUT2D eigenvalue weighted by Crippen LogP contribution is -2.16. The SMILES string of the molecule is CC1(C)c2ccccc2-c2c(N(c3ccc(F)cc3)c3ccc4ccc5c(N(c6ccccc6)c6ccc7ccccc7n6)ccc6ccc3c4c65)cccc21. The van der Waals surface area contributed by atoms with Crippen molar-refractivity contribution in [1.29, 1.82) is 0 Å². The molecule has 0 N–H and O–H groups in total. The number of para-hydroxylation sites is 2. The number of hydrogen-bond donors (Lipinski definition) is 0. The zero-order chi connectivity index (χ0) is 37.5. The summed E-state index contributed by atoms with van der Waals surface area (Å²) in [5.74, 6) is 0.597. The first-order chi connectivity index (χ1) is 27.5. The van der Waals surface area contributed by atoms with Crippen molar-refractivity contribution >= 4 is 77.5 Å². The molecule has 0 spiro atoms. The van der Waals surface area contributed by atoms with Gasteiger partial charge < -0.3 is 4.90 Å².